The van der Waals surface area contributed by atoms with E-state index in [1.165, 1.54) is 22.4 Å². The summed E-state index contributed by atoms with van der Waals surface area (Å²) in [6.45, 7) is 7.42. The molecule has 1 N–H and O–H groups in total. The van der Waals surface area contributed by atoms with Crippen LogP contribution in [0.15, 0.2) is 48.5 Å². The molecular formula is C18H22N2. The van der Waals surface area contributed by atoms with Gasteiger partial charge in [-0.25, -0.2) is 0 Å². The fraction of sp³-hybridized carbons (Fsp3) is 0.333. The highest BCUT2D eigenvalue weighted by Gasteiger charge is 2.23. The molecule has 20 heavy (non-hydrogen) atoms. The number of benzene rings is 2. The molecule has 1 aliphatic heterocycles. The first kappa shape index (κ1) is 13.2. The Morgan fingerprint density at radius 1 is 1.00 bits per heavy atom. The van der Waals surface area contributed by atoms with Crippen LogP contribution in [0, 0.1) is 13.8 Å². The Bertz CT molecular complexity index is 574. The van der Waals surface area contributed by atoms with Crippen molar-refractivity contribution in [3.05, 3.63) is 65.2 Å². The van der Waals surface area contributed by atoms with Crippen LogP contribution < -0.4 is 10.2 Å². The van der Waals surface area contributed by atoms with Crippen molar-refractivity contribution in [1.29, 1.82) is 0 Å². The molecule has 0 aliphatic carbocycles. The van der Waals surface area contributed by atoms with Crippen molar-refractivity contribution in [2.24, 2.45) is 0 Å². The van der Waals surface area contributed by atoms with Gasteiger partial charge in [0.05, 0.1) is 6.04 Å². The molecule has 0 bridgehead atoms. The number of nitrogens with zero attached hydrogens (tertiary/aromatic N) is 1. The zero-order valence-electron chi connectivity index (χ0n) is 12.3. The maximum Gasteiger partial charge on any atom is 0.0667 e. The third-order valence-corrected chi connectivity index (χ3v) is 4.04. The van der Waals surface area contributed by atoms with Crippen LogP contribution in [-0.4, -0.2) is 19.6 Å². The van der Waals surface area contributed by atoms with Crippen molar-refractivity contribution < 1.29 is 0 Å². The molecule has 1 saturated heterocycles. The number of aryl methyl sites for hydroxylation is 2. The minimum absolute atomic E-state index is 0.423. The minimum Gasteiger partial charge on any atom is -0.362 e. The lowest BCUT2D eigenvalue weighted by Gasteiger charge is -2.38. The Labute approximate surface area is 121 Å². The predicted octanol–water partition coefficient (Wildman–Crippen LogP) is 3.45. The molecule has 104 valence electrons. The summed E-state index contributed by atoms with van der Waals surface area (Å²) in [4.78, 5) is 2.52. The van der Waals surface area contributed by atoms with E-state index in [9.17, 15) is 0 Å². The summed E-state index contributed by atoms with van der Waals surface area (Å²) in [5.41, 5.74) is 5.37. The number of hydrogen-bond acceptors (Lipinski definition) is 2. The van der Waals surface area contributed by atoms with Gasteiger partial charge in [-0.15, -0.1) is 0 Å². The maximum absolute atomic E-state index is 3.52. The molecular weight excluding hydrogens is 244 g/mol. The van der Waals surface area contributed by atoms with Crippen LogP contribution in [0.1, 0.15) is 22.7 Å². The Balaban J connectivity index is 1.93. The van der Waals surface area contributed by atoms with E-state index in [4.69, 9.17) is 0 Å². The first-order valence-electron chi connectivity index (χ1n) is 7.34. The molecule has 1 atom stereocenters. The maximum atomic E-state index is 3.52. The molecule has 2 aromatic carbocycles. The molecule has 2 heteroatoms. The topological polar surface area (TPSA) is 15.3 Å². The van der Waals surface area contributed by atoms with Crippen LogP contribution in [0.2, 0.25) is 0 Å². The van der Waals surface area contributed by atoms with Crippen LogP contribution in [0.25, 0.3) is 0 Å². The SMILES string of the molecule is Cc1ccc(N2CCNCC2c2cccc(C)c2)cc1. The van der Waals surface area contributed by atoms with Crippen molar-refractivity contribution in [2.45, 2.75) is 19.9 Å². The Kier molecular flexibility index (Phi) is 3.75. The van der Waals surface area contributed by atoms with E-state index in [1.54, 1.807) is 0 Å². The molecule has 3 rings (SSSR count). The molecule has 1 unspecified atom stereocenters. The monoisotopic (exact) mass is 266 g/mol. The van der Waals surface area contributed by atoms with Gasteiger partial charge in [0.2, 0.25) is 0 Å². The van der Waals surface area contributed by atoms with Gasteiger partial charge in [0, 0.05) is 25.3 Å². The van der Waals surface area contributed by atoms with E-state index in [0.717, 1.165) is 19.6 Å². The quantitative estimate of drug-likeness (QED) is 0.895. The summed E-state index contributed by atoms with van der Waals surface area (Å²) in [5.74, 6) is 0. The van der Waals surface area contributed by atoms with E-state index in [2.05, 4.69) is 72.6 Å². The van der Waals surface area contributed by atoms with Crippen molar-refractivity contribution in [3.8, 4) is 0 Å². The summed E-state index contributed by atoms with van der Waals surface area (Å²) >= 11 is 0. The van der Waals surface area contributed by atoms with Crippen LogP contribution >= 0.6 is 0 Å². The third kappa shape index (κ3) is 2.70. The fourth-order valence-electron chi connectivity index (χ4n) is 2.92. The van der Waals surface area contributed by atoms with Gasteiger partial charge in [0.25, 0.3) is 0 Å². The number of nitrogens with one attached hydrogen (secondary N) is 1. The lowest BCUT2D eigenvalue weighted by molar-refractivity contribution is 0.490. The van der Waals surface area contributed by atoms with Gasteiger partial charge in [0.1, 0.15) is 0 Å². The van der Waals surface area contributed by atoms with Gasteiger partial charge >= 0.3 is 0 Å². The fourth-order valence-corrected chi connectivity index (χ4v) is 2.92. The summed E-state index contributed by atoms with van der Waals surface area (Å²) in [6, 6.07) is 18.2. The van der Waals surface area contributed by atoms with Crippen molar-refractivity contribution in [1.82, 2.24) is 5.32 Å². The summed E-state index contributed by atoms with van der Waals surface area (Å²) < 4.78 is 0. The molecule has 2 aromatic rings. The molecule has 0 spiro atoms. The highest BCUT2D eigenvalue weighted by atomic mass is 15.2. The Hall–Kier alpha value is -1.80. The van der Waals surface area contributed by atoms with E-state index in [1.807, 2.05) is 0 Å². The largest absolute Gasteiger partial charge is 0.362 e. The molecule has 0 amide bonds. The molecule has 1 heterocycles. The first-order chi connectivity index (χ1) is 9.74. The number of hydrogen-bond donors (Lipinski definition) is 1. The third-order valence-electron chi connectivity index (χ3n) is 4.04. The van der Waals surface area contributed by atoms with Crippen molar-refractivity contribution in [2.75, 3.05) is 24.5 Å². The van der Waals surface area contributed by atoms with E-state index >= 15 is 0 Å². The Morgan fingerprint density at radius 3 is 2.55 bits per heavy atom. The second-order valence-corrected chi connectivity index (χ2v) is 5.66. The van der Waals surface area contributed by atoms with Crippen LogP contribution in [0.3, 0.4) is 0 Å². The van der Waals surface area contributed by atoms with Crippen molar-refractivity contribution in [3.63, 3.8) is 0 Å². The van der Waals surface area contributed by atoms with Gasteiger partial charge < -0.3 is 10.2 Å². The molecule has 1 fully saturated rings. The average Bonchev–Trinajstić information content (AvgIpc) is 2.48. The second-order valence-electron chi connectivity index (χ2n) is 5.66. The lowest BCUT2D eigenvalue weighted by atomic mass is 10.0. The van der Waals surface area contributed by atoms with Gasteiger partial charge in [-0.2, -0.15) is 0 Å². The zero-order valence-corrected chi connectivity index (χ0v) is 12.3. The number of anilines is 1. The second kappa shape index (κ2) is 5.68. The van der Waals surface area contributed by atoms with Gasteiger partial charge in [-0.3, -0.25) is 0 Å². The van der Waals surface area contributed by atoms with Gasteiger partial charge in [-0.1, -0.05) is 47.5 Å². The molecule has 0 saturated carbocycles. The number of piperazine rings is 1. The zero-order chi connectivity index (χ0) is 13.9. The smallest absolute Gasteiger partial charge is 0.0667 e. The van der Waals surface area contributed by atoms with Gasteiger partial charge in [0.15, 0.2) is 0 Å². The normalized spacial score (nSPS) is 19.1. The molecule has 0 aromatic heterocycles. The van der Waals surface area contributed by atoms with E-state index in [0.29, 0.717) is 6.04 Å². The summed E-state index contributed by atoms with van der Waals surface area (Å²) in [7, 11) is 0. The van der Waals surface area contributed by atoms with E-state index < -0.39 is 0 Å². The van der Waals surface area contributed by atoms with E-state index in [-0.39, 0.29) is 0 Å². The average molecular weight is 266 g/mol. The molecule has 2 nitrogen and oxygen atoms in total. The van der Waals surface area contributed by atoms with Crippen molar-refractivity contribution >= 4 is 5.69 Å². The highest BCUT2D eigenvalue weighted by Crippen LogP contribution is 2.28. The lowest BCUT2D eigenvalue weighted by Crippen LogP contribution is -2.46. The molecule has 0 radical (unpaired) electrons. The number of rotatable bonds is 2. The Morgan fingerprint density at radius 2 is 1.80 bits per heavy atom. The summed E-state index contributed by atoms with van der Waals surface area (Å²) in [6.07, 6.45) is 0. The predicted molar refractivity (Wildman–Crippen MR) is 85.3 cm³/mol. The van der Waals surface area contributed by atoms with Crippen LogP contribution in [-0.2, 0) is 0 Å². The van der Waals surface area contributed by atoms with Gasteiger partial charge in [-0.05, 0) is 31.5 Å². The standard InChI is InChI=1S/C18H22N2/c1-14-6-8-17(9-7-14)20-11-10-19-13-18(20)16-5-3-4-15(2)12-16/h3-9,12,18-19H,10-11,13H2,1-2H3. The summed E-state index contributed by atoms with van der Waals surface area (Å²) in [5, 5.41) is 3.52. The minimum atomic E-state index is 0.423. The first-order valence-corrected chi connectivity index (χ1v) is 7.34. The van der Waals surface area contributed by atoms with Crippen LogP contribution in [0.4, 0.5) is 5.69 Å². The highest BCUT2D eigenvalue weighted by molar-refractivity contribution is 5.51. The molecule has 1 aliphatic rings. The van der Waals surface area contributed by atoms with Crippen LogP contribution in [0.5, 0.6) is 0 Å².